The fourth-order valence-corrected chi connectivity index (χ4v) is 2.80. The molecule has 3 nitrogen and oxygen atoms in total. The molecule has 0 aliphatic heterocycles. The quantitative estimate of drug-likeness (QED) is 0.750. The number of anilines is 1. The van der Waals surface area contributed by atoms with Gasteiger partial charge in [0.1, 0.15) is 0 Å². The van der Waals surface area contributed by atoms with E-state index in [0.717, 1.165) is 17.8 Å². The zero-order valence-corrected chi connectivity index (χ0v) is 12.0. The van der Waals surface area contributed by atoms with E-state index in [9.17, 15) is 4.79 Å². The Kier molecular flexibility index (Phi) is 6.44. The molecule has 17 heavy (non-hydrogen) atoms. The number of nitrogens with two attached hydrogens (primary N) is 1. The maximum absolute atomic E-state index is 11.7. The van der Waals surface area contributed by atoms with Crippen molar-refractivity contribution in [2.24, 2.45) is 0 Å². The Morgan fingerprint density at radius 2 is 2.24 bits per heavy atom. The smallest absolute Gasteiger partial charge is 0.261 e. The van der Waals surface area contributed by atoms with E-state index in [1.807, 2.05) is 18.7 Å². The van der Waals surface area contributed by atoms with Crippen molar-refractivity contribution >= 4 is 34.7 Å². The predicted molar refractivity (Wildman–Crippen MR) is 78.0 cm³/mol. The summed E-state index contributed by atoms with van der Waals surface area (Å²) >= 11 is 3.32. The van der Waals surface area contributed by atoms with Gasteiger partial charge in [-0.3, -0.25) is 4.79 Å². The van der Waals surface area contributed by atoms with Gasteiger partial charge in [-0.25, -0.2) is 0 Å². The molecule has 1 rings (SSSR count). The van der Waals surface area contributed by atoms with E-state index in [4.69, 9.17) is 5.73 Å². The molecule has 3 N–H and O–H groups in total. The number of aryl methyl sites for hydroxylation is 1. The van der Waals surface area contributed by atoms with E-state index in [2.05, 4.69) is 11.6 Å². The first-order valence-corrected chi connectivity index (χ1v) is 7.99. The van der Waals surface area contributed by atoms with Crippen LogP contribution in [0, 0.1) is 6.92 Å². The Morgan fingerprint density at radius 3 is 2.82 bits per heavy atom. The van der Waals surface area contributed by atoms with Crippen LogP contribution < -0.4 is 11.1 Å². The molecule has 0 aliphatic rings. The summed E-state index contributed by atoms with van der Waals surface area (Å²) in [6.07, 6.45) is 5.56. The molecular weight excluding hydrogens is 252 g/mol. The minimum atomic E-state index is -0.000309. The number of rotatable bonds is 7. The van der Waals surface area contributed by atoms with Crippen LogP contribution in [0.4, 0.5) is 5.69 Å². The Hall–Kier alpha value is -0.680. The number of unbranched alkanes of at least 4 members (excludes halogenated alkanes) is 2. The lowest BCUT2D eigenvalue weighted by Crippen LogP contribution is -2.23. The molecule has 0 aromatic carbocycles. The summed E-state index contributed by atoms with van der Waals surface area (Å²) in [4.78, 5) is 13.5. The molecule has 1 heterocycles. The van der Waals surface area contributed by atoms with E-state index >= 15 is 0 Å². The second kappa shape index (κ2) is 7.61. The van der Waals surface area contributed by atoms with Gasteiger partial charge >= 0.3 is 0 Å². The summed E-state index contributed by atoms with van der Waals surface area (Å²) in [6.45, 7) is 2.68. The normalized spacial score (nSPS) is 10.5. The number of amides is 1. The second-order valence-electron chi connectivity index (χ2n) is 3.93. The van der Waals surface area contributed by atoms with Crippen LogP contribution in [-0.2, 0) is 0 Å². The number of thiophene rings is 1. The van der Waals surface area contributed by atoms with Gasteiger partial charge in [-0.2, -0.15) is 11.8 Å². The van der Waals surface area contributed by atoms with Gasteiger partial charge in [0.05, 0.1) is 4.88 Å². The largest absolute Gasteiger partial charge is 0.398 e. The lowest BCUT2D eigenvalue weighted by Gasteiger charge is -2.03. The van der Waals surface area contributed by atoms with E-state index in [1.165, 1.54) is 29.9 Å². The van der Waals surface area contributed by atoms with E-state index in [-0.39, 0.29) is 5.91 Å². The van der Waals surface area contributed by atoms with Crippen LogP contribution >= 0.6 is 23.1 Å². The SMILES string of the molecule is CSCCCCCNC(=O)c1cc(N)c(C)s1. The summed E-state index contributed by atoms with van der Waals surface area (Å²) < 4.78 is 0. The Balaban J connectivity index is 2.21. The van der Waals surface area contributed by atoms with Crippen LogP contribution in [0.15, 0.2) is 6.07 Å². The minimum absolute atomic E-state index is 0.000309. The summed E-state index contributed by atoms with van der Waals surface area (Å²) in [5, 5.41) is 2.93. The lowest BCUT2D eigenvalue weighted by molar-refractivity contribution is 0.0957. The van der Waals surface area contributed by atoms with Crippen LogP contribution in [0.25, 0.3) is 0 Å². The fourth-order valence-electron chi connectivity index (χ4n) is 1.45. The molecule has 1 aromatic heterocycles. The van der Waals surface area contributed by atoms with Crippen LogP contribution in [-0.4, -0.2) is 24.5 Å². The van der Waals surface area contributed by atoms with Gasteiger partial charge in [-0.15, -0.1) is 11.3 Å². The molecule has 0 spiro atoms. The molecule has 0 atom stereocenters. The first-order valence-electron chi connectivity index (χ1n) is 5.78. The highest BCUT2D eigenvalue weighted by molar-refractivity contribution is 7.98. The number of thioether (sulfide) groups is 1. The van der Waals surface area contributed by atoms with Crippen molar-refractivity contribution in [2.75, 3.05) is 24.3 Å². The maximum atomic E-state index is 11.7. The first-order chi connectivity index (χ1) is 8.15. The van der Waals surface area contributed by atoms with Crippen molar-refractivity contribution in [1.82, 2.24) is 5.32 Å². The Labute approximate surface area is 111 Å². The molecule has 5 heteroatoms. The Morgan fingerprint density at radius 1 is 1.47 bits per heavy atom. The number of carbonyl (C=O) groups is 1. The molecule has 0 aliphatic carbocycles. The highest BCUT2D eigenvalue weighted by atomic mass is 32.2. The predicted octanol–water partition coefficient (Wildman–Crippen LogP) is 2.90. The standard InChI is InChI=1S/C12H20N2OS2/c1-9-10(13)8-11(17-9)12(15)14-6-4-3-5-7-16-2/h8H,3-7,13H2,1-2H3,(H,14,15). The highest BCUT2D eigenvalue weighted by Crippen LogP contribution is 2.23. The molecule has 1 amide bonds. The van der Waals surface area contributed by atoms with Crippen molar-refractivity contribution < 1.29 is 4.79 Å². The second-order valence-corrected chi connectivity index (χ2v) is 6.17. The third kappa shape index (κ3) is 5.00. The highest BCUT2D eigenvalue weighted by Gasteiger charge is 2.09. The fraction of sp³-hybridized carbons (Fsp3) is 0.583. The molecular formula is C12H20N2OS2. The van der Waals surface area contributed by atoms with Gasteiger partial charge in [0.25, 0.3) is 5.91 Å². The molecule has 96 valence electrons. The van der Waals surface area contributed by atoms with Crippen LogP contribution in [0.3, 0.4) is 0 Å². The zero-order chi connectivity index (χ0) is 12.7. The molecule has 1 aromatic rings. The molecule has 0 fully saturated rings. The van der Waals surface area contributed by atoms with Gasteiger partial charge in [-0.05, 0) is 37.8 Å². The number of nitrogen functional groups attached to an aromatic ring is 1. The van der Waals surface area contributed by atoms with Crippen molar-refractivity contribution in [1.29, 1.82) is 0 Å². The lowest BCUT2D eigenvalue weighted by atomic mass is 10.2. The summed E-state index contributed by atoms with van der Waals surface area (Å²) in [6, 6.07) is 1.75. The van der Waals surface area contributed by atoms with Crippen molar-refractivity contribution in [2.45, 2.75) is 26.2 Å². The number of hydrogen-bond acceptors (Lipinski definition) is 4. The van der Waals surface area contributed by atoms with Gasteiger partial charge in [0, 0.05) is 17.1 Å². The van der Waals surface area contributed by atoms with Crippen LogP contribution in [0.5, 0.6) is 0 Å². The third-order valence-electron chi connectivity index (χ3n) is 2.49. The average Bonchev–Trinajstić information content (AvgIpc) is 2.64. The maximum Gasteiger partial charge on any atom is 0.261 e. The summed E-state index contributed by atoms with van der Waals surface area (Å²) in [5.41, 5.74) is 6.42. The first kappa shape index (κ1) is 14.4. The van der Waals surface area contributed by atoms with Crippen molar-refractivity contribution in [3.8, 4) is 0 Å². The number of nitrogens with one attached hydrogen (secondary N) is 1. The molecule has 0 unspecified atom stereocenters. The number of carbonyl (C=O) groups excluding carboxylic acids is 1. The van der Waals surface area contributed by atoms with Gasteiger partial charge in [-0.1, -0.05) is 6.42 Å². The summed E-state index contributed by atoms with van der Waals surface area (Å²) in [5.74, 6) is 1.20. The van der Waals surface area contributed by atoms with E-state index in [1.54, 1.807) is 6.07 Å². The van der Waals surface area contributed by atoms with Crippen molar-refractivity contribution in [3.63, 3.8) is 0 Å². The van der Waals surface area contributed by atoms with Gasteiger partial charge in [0.2, 0.25) is 0 Å². The molecule has 0 radical (unpaired) electrons. The third-order valence-corrected chi connectivity index (χ3v) is 4.25. The molecule has 0 saturated heterocycles. The van der Waals surface area contributed by atoms with Crippen molar-refractivity contribution in [3.05, 3.63) is 15.8 Å². The van der Waals surface area contributed by atoms with Crippen LogP contribution in [0.2, 0.25) is 0 Å². The zero-order valence-electron chi connectivity index (χ0n) is 10.4. The topological polar surface area (TPSA) is 55.1 Å². The number of hydrogen-bond donors (Lipinski definition) is 2. The summed E-state index contributed by atoms with van der Waals surface area (Å²) in [7, 11) is 0. The van der Waals surface area contributed by atoms with Gasteiger partial charge < -0.3 is 11.1 Å². The average molecular weight is 272 g/mol. The minimum Gasteiger partial charge on any atom is -0.398 e. The van der Waals surface area contributed by atoms with E-state index < -0.39 is 0 Å². The van der Waals surface area contributed by atoms with Gasteiger partial charge in [0.15, 0.2) is 0 Å². The Bertz CT molecular complexity index is 344. The van der Waals surface area contributed by atoms with Crippen LogP contribution in [0.1, 0.15) is 33.8 Å². The molecule has 0 saturated carbocycles. The van der Waals surface area contributed by atoms with E-state index in [0.29, 0.717) is 10.6 Å². The molecule has 0 bridgehead atoms. The monoisotopic (exact) mass is 272 g/mol.